The Labute approximate surface area is 142 Å². The van der Waals surface area contributed by atoms with Crippen LogP contribution in [0.4, 0.5) is 0 Å². The van der Waals surface area contributed by atoms with Crippen molar-refractivity contribution in [2.24, 2.45) is 0 Å². The zero-order chi connectivity index (χ0) is 17.7. The number of ether oxygens (including phenoxy) is 3. The number of methoxy groups -OCH3 is 1. The highest BCUT2D eigenvalue weighted by atomic mass is 31.2. The number of hydrogen-bond donors (Lipinski definition) is 2. The lowest BCUT2D eigenvalue weighted by atomic mass is 10.0. The maximum absolute atomic E-state index is 11.2. The second-order valence-electron chi connectivity index (χ2n) is 5.88. The zero-order valence-electron chi connectivity index (χ0n) is 14.1. The molecule has 0 amide bonds. The first-order valence-corrected chi connectivity index (χ1v) is 9.67. The fourth-order valence-corrected chi connectivity index (χ4v) is 3.12. The molecule has 1 fully saturated rings. The molecule has 6 nitrogen and oxygen atoms in total. The molecule has 0 aliphatic carbocycles. The summed E-state index contributed by atoms with van der Waals surface area (Å²) in [4.78, 5) is 18.2. The van der Waals surface area contributed by atoms with Crippen LogP contribution in [0.5, 0.6) is 0 Å². The first-order valence-electron chi connectivity index (χ1n) is 7.99. The Balaban J connectivity index is 2.29. The van der Waals surface area contributed by atoms with Crippen molar-refractivity contribution in [3.8, 4) is 0 Å². The van der Waals surface area contributed by atoms with Crippen molar-refractivity contribution in [3.63, 3.8) is 0 Å². The van der Waals surface area contributed by atoms with Crippen LogP contribution in [-0.4, -0.2) is 41.3 Å². The fraction of sp³-hybridized carbons (Fsp3) is 0.529. The van der Waals surface area contributed by atoms with Crippen molar-refractivity contribution in [1.29, 1.82) is 0 Å². The predicted octanol–water partition coefficient (Wildman–Crippen LogP) is 3.02. The summed E-state index contributed by atoms with van der Waals surface area (Å²) in [6.45, 7) is 3.96. The van der Waals surface area contributed by atoms with E-state index in [-0.39, 0.29) is 18.3 Å². The molecular formula is C17H25O6P. The Morgan fingerprint density at radius 2 is 1.96 bits per heavy atom. The molecule has 2 rings (SSSR count). The van der Waals surface area contributed by atoms with Gasteiger partial charge in [-0.1, -0.05) is 37.3 Å². The maximum Gasteiger partial charge on any atom is 0.348 e. The summed E-state index contributed by atoms with van der Waals surface area (Å²) in [6, 6.07) is 9.61. The minimum absolute atomic E-state index is 0.0169. The van der Waals surface area contributed by atoms with Crippen molar-refractivity contribution < 1.29 is 28.6 Å². The zero-order valence-corrected chi connectivity index (χ0v) is 15.0. The molecule has 0 bridgehead atoms. The van der Waals surface area contributed by atoms with Crippen LogP contribution in [0.15, 0.2) is 42.2 Å². The van der Waals surface area contributed by atoms with E-state index in [1.54, 1.807) is 7.11 Å². The van der Waals surface area contributed by atoms with Gasteiger partial charge in [0.2, 0.25) is 0 Å². The van der Waals surface area contributed by atoms with Gasteiger partial charge < -0.3 is 24.0 Å². The normalized spacial score (nSPS) is 29.2. The van der Waals surface area contributed by atoms with Crippen LogP contribution in [0, 0.1) is 0 Å². The van der Waals surface area contributed by atoms with Gasteiger partial charge in [-0.3, -0.25) is 4.57 Å². The van der Waals surface area contributed by atoms with Crippen LogP contribution in [-0.2, 0) is 18.8 Å². The van der Waals surface area contributed by atoms with Crippen molar-refractivity contribution >= 4 is 7.60 Å². The Morgan fingerprint density at radius 1 is 1.29 bits per heavy atom. The largest absolute Gasteiger partial charge is 0.376 e. The minimum atomic E-state index is -4.26. The first kappa shape index (κ1) is 19.3. The van der Waals surface area contributed by atoms with Gasteiger partial charge in [0, 0.05) is 12.9 Å². The molecule has 1 aromatic carbocycles. The Morgan fingerprint density at radius 3 is 2.50 bits per heavy atom. The van der Waals surface area contributed by atoms with E-state index in [9.17, 15) is 4.57 Å². The second-order valence-corrected chi connectivity index (χ2v) is 7.36. The SMILES string of the molecule is CCC(C)O[C@H]1[C@@H](OC)[C@H](c2ccccc2)O[C@@H]1/C=C/P(=O)(O)O. The number of rotatable bonds is 7. The van der Waals surface area contributed by atoms with Gasteiger partial charge in [0.05, 0.1) is 6.10 Å². The van der Waals surface area contributed by atoms with Gasteiger partial charge in [0.15, 0.2) is 0 Å². The lowest BCUT2D eigenvalue weighted by Crippen LogP contribution is -2.36. The van der Waals surface area contributed by atoms with Crippen molar-refractivity contribution in [1.82, 2.24) is 0 Å². The van der Waals surface area contributed by atoms with E-state index in [1.807, 2.05) is 44.2 Å². The summed E-state index contributed by atoms with van der Waals surface area (Å²) < 4.78 is 28.8. The van der Waals surface area contributed by atoms with Gasteiger partial charge >= 0.3 is 7.60 Å². The molecular weight excluding hydrogens is 331 g/mol. The molecule has 0 radical (unpaired) electrons. The van der Waals surface area contributed by atoms with Gasteiger partial charge in [-0.15, -0.1) is 0 Å². The Hall–Kier alpha value is -1.01. The summed E-state index contributed by atoms with van der Waals surface area (Å²) in [5.74, 6) is 0.866. The minimum Gasteiger partial charge on any atom is -0.376 e. The third kappa shape index (κ3) is 4.99. The standard InChI is InChI=1S/C17H25O6P/c1-4-12(2)22-16-14(10-11-24(18,19)20)23-15(17(16)21-3)13-8-6-5-7-9-13/h5-12,14-17H,4H2,1-3H3,(H2,18,19,20)/b11-10+/t12?,14-,15+,16-,17+/m1/s1. The van der Waals surface area contributed by atoms with Crippen LogP contribution in [0.1, 0.15) is 31.9 Å². The molecule has 7 heteroatoms. The van der Waals surface area contributed by atoms with E-state index in [0.717, 1.165) is 17.8 Å². The number of hydrogen-bond acceptors (Lipinski definition) is 4. The van der Waals surface area contributed by atoms with E-state index in [0.29, 0.717) is 0 Å². The first-order chi connectivity index (χ1) is 11.4. The van der Waals surface area contributed by atoms with Crippen molar-refractivity contribution in [3.05, 3.63) is 47.8 Å². The fourth-order valence-electron chi connectivity index (χ4n) is 2.72. The lowest BCUT2D eigenvalue weighted by molar-refractivity contribution is -0.0757. The highest BCUT2D eigenvalue weighted by Gasteiger charge is 2.46. The van der Waals surface area contributed by atoms with E-state index >= 15 is 0 Å². The summed E-state index contributed by atoms with van der Waals surface area (Å²) >= 11 is 0. The van der Waals surface area contributed by atoms with Crippen LogP contribution in [0.3, 0.4) is 0 Å². The van der Waals surface area contributed by atoms with E-state index in [4.69, 9.17) is 24.0 Å². The van der Waals surface area contributed by atoms with Gasteiger partial charge in [-0.05, 0) is 25.0 Å². The number of benzene rings is 1. The van der Waals surface area contributed by atoms with Gasteiger partial charge in [0.1, 0.15) is 24.4 Å². The molecule has 0 saturated carbocycles. The average molecular weight is 356 g/mol. The molecule has 1 saturated heterocycles. The summed E-state index contributed by atoms with van der Waals surface area (Å²) in [5, 5.41) is 0. The topological polar surface area (TPSA) is 85.2 Å². The third-order valence-corrected chi connectivity index (χ3v) is 4.64. The van der Waals surface area contributed by atoms with Crippen molar-refractivity contribution in [2.75, 3.05) is 7.11 Å². The predicted molar refractivity (Wildman–Crippen MR) is 90.7 cm³/mol. The molecule has 1 heterocycles. The molecule has 5 atom stereocenters. The highest BCUT2D eigenvalue weighted by molar-refractivity contribution is 7.55. The van der Waals surface area contributed by atoms with Crippen molar-refractivity contribution in [2.45, 2.75) is 50.8 Å². The van der Waals surface area contributed by atoms with Gasteiger partial charge in [-0.25, -0.2) is 0 Å². The quantitative estimate of drug-likeness (QED) is 0.731. The molecule has 134 valence electrons. The molecule has 1 aromatic rings. The van der Waals surface area contributed by atoms with Crippen LogP contribution >= 0.6 is 7.60 Å². The smallest absolute Gasteiger partial charge is 0.348 e. The summed E-state index contributed by atoms with van der Waals surface area (Å²) in [7, 11) is -2.67. The molecule has 1 aliphatic rings. The molecule has 0 aromatic heterocycles. The Kier molecular flexibility index (Phi) is 6.75. The van der Waals surface area contributed by atoms with Crippen LogP contribution < -0.4 is 0 Å². The summed E-state index contributed by atoms with van der Waals surface area (Å²) in [6.07, 6.45) is 0.404. The second kappa shape index (κ2) is 8.39. The van der Waals surface area contributed by atoms with E-state index in [1.165, 1.54) is 6.08 Å². The average Bonchev–Trinajstić information content (AvgIpc) is 2.90. The van der Waals surface area contributed by atoms with Gasteiger partial charge in [0.25, 0.3) is 0 Å². The van der Waals surface area contributed by atoms with Crippen LogP contribution in [0.2, 0.25) is 0 Å². The molecule has 1 aliphatic heterocycles. The molecule has 2 N–H and O–H groups in total. The molecule has 1 unspecified atom stereocenters. The third-order valence-electron chi connectivity index (χ3n) is 4.08. The maximum atomic E-state index is 11.2. The lowest BCUT2D eigenvalue weighted by Gasteiger charge is -2.25. The van der Waals surface area contributed by atoms with E-state index < -0.39 is 19.8 Å². The highest BCUT2D eigenvalue weighted by Crippen LogP contribution is 2.41. The van der Waals surface area contributed by atoms with E-state index in [2.05, 4.69) is 0 Å². The monoisotopic (exact) mass is 356 g/mol. The Bertz CT molecular complexity index is 584. The molecule has 0 spiro atoms. The molecule has 24 heavy (non-hydrogen) atoms. The van der Waals surface area contributed by atoms with Crippen LogP contribution in [0.25, 0.3) is 0 Å². The summed E-state index contributed by atoms with van der Waals surface area (Å²) in [5.41, 5.74) is 0.939. The van der Waals surface area contributed by atoms with Gasteiger partial charge in [-0.2, -0.15) is 0 Å².